The quantitative estimate of drug-likeness (QED) is 0.754. The monoisotopic (exact) mass is 400 g/mol. The SMILES string of the molecule is C[C@H]1CCCC[C@]12NC(=O)N(CC(=O)Nc1ccccc1N1CCOCC1)C2=O. The van der Waals surface area contributed by atoms with E-state index in [1.54, 1.807) is 0 Å². The molecule has 1 aromatic rings. The summed E-state index contributed by atoms with van der Waals surface area (Å²) in [7, 11) is 0. The molecule has 1 spiro atoms. The first kappa shape index (κ1) is 19.7. The Morgan fingerprint density at radius 1 is 1.24 bits per heavy atom. The second-order valence-electron chi connectivity index (χ2n) is 8.10. The molecule has 2 saturated heterocycles. The van der Waals surface area contributed by atoms with E-state index in [9.17, 15) is 14.4 Å². The fourth-order valence-electron chi connectivity index (χ4n) is 4.63. The Morgan fingerprint density at radius 2 is 2.00 bits per heavy atom. The van der Waals surface area contributed by atoms with Crippen molar-refractivity contribution >= 4 is 29.2 Å². The second-order valence-corrected chi connectivity index (χ2v) is 8.10. The lowest BCUT2D eigenvalue weighted by Gasteiger charge is -2.36. The summed E-state index contributed by atoms with van der Waals surface area (Å²) in [5.41, 5.74) is 0.743. The van der Waals surface area contributed by atoms with Crippen LogP contribution in [0.15, 0.2) is 24.3 Å². The van der Waals surface area contributed by atoms with Gasteiger partial charge in [0.1, 0.15) is 12.1 Å². The molecule has 2 aliphatic heterocycles. The van der Waals surface area contributed by atoms with Crippen LogP contribution in [0.5, 0.6) is 0 Å². The zero-order valence-corrected chi connectivity index (χ0v) is 16.8. The highest BCUT2D eigenvalue weighted by Crippen LogP contribution is 2.38. The number of nitrogens with one attached hydrogen (secondary N) is 2. The first-order valence-electron chi connectivity index (χ1n) is 10.4. The van der Waals surface area contributed by atoms with E-state index in [1.165, 1.54) is 0 Å². The van der Waals surface area contributed by atoms with E-state index in [-0.39, 0.29) is 24.3 Å². The van der Waals surface area contributed by atoms with E-state index < -0.39 is 11.6 Å². The topological polar surface area (TPSA) is 91.0 Å². The number of para-hydroxylation sites is 2. The summed E-state index contributed by atoms with van der Waals surface area (Å²) < 4.78 is 5.40. The van der Waals surface area contributed by atoms with Gasteiger partial charge in [-0.1, -0.05) is 31.9 Å². The standard InChI is InChI=1S/C21H28N4O4/c1-15-6-4-5-9-21(15)19(27)25(20(28)23-21)14-18(26)22-16-7-2-3-8-17(16)24-10-12-29-13-11-24/h2-3,7-8,15H,4-6,9-14H2,1H3,(H,22,26)(H,23,28)/t15-,21-/m0/s1. The minimum absolute atomic E-state index is 0.0720. The lowest BCUT2D eigenvalue weighted by atomic mass is 9.73. The molecule has 2 atom stereocenters. The molecule has 4 amide bonds. The minimum Gasteiger partial charge on any atom is -0.378 e. The third kappa shape index (κ3) is 3.69. The number of amides is 4. The van der Waals surface area contributed by atoms with Gasteiger partial charge in [0.05, 0.1) is 24.6 Å². The number of anilines is 2. The molecule has 1 saturated carbocycles. The van der Waals surface area contributed by atoms with E-state index in [0.717, 1.165) is 42.9 Å². The number of carbonyl (C=O) groups excluding carboxylic acids is 3. The Kier molecular flexibility index (Phi) is 5.45. The van der Waals surface area contributed by atoms with Crippen LogP contribution in [0.3, 0.4) is 0 Å². The average Bonchev–Trinajstić information content (AvgIpc) is 2.96. The van der Waals surface area contributed by atoms with Gasteiger partial charge in [-0.3, -0.25) is 14.5 Å². The lowest BCUT2D eigenvalue weighted by molar-refractivity contribution is -0.136. The summed E-state index contributed by atoms with van der Waals surface area (Å²) in [6, 6.07) is 7.09. The van der Waals surface area contributed by atoms with Gasteiger partial charge >= 0.3 is 6.03 Å². The van der Waals surface area contributed by atoms with Crippen LogP contribution in [-0.4, -0.2) is 61.1 Å². The van der Waals surface area contributed by atoms with Gasteiger partial charge in [-0.2, -0.15) is 0 Å². The fraction of sp³-hybridized carbons (Fsp3) is 0.571. The normalized spacial score (nSPS) is 27.3. The van der Waals surface area contributed by atoms with Crippen LogP contribution in [0, 0.1) is 5.92 Å². The van der Waals surface area contributed by atoms with Crippen LogP contribution >= 0.6 is 0 Å². The van der Waals surface area contributed by atoms with Crippen molar-refractivity contribution in [1.29, 1.82) is 0 Å². The van der Waals surface area contributed by atoms with Gasteiger partial charge in [-0.25, -0.2) is 4.79 Å². The van der Waals surface area contributed by atoms with Crippen LogP contribution in [-0.2, 0) is 14.3 Å². The van der Waals surface area contributed by atoms with Crippen LogP contribution in [0.4, 0.5) is 16.2 Å². The molecular weight excluding hydrogens is 372 g/mol. The number of hydrogen-bond donors (Lipinski definition) is 2. The van der Waals surface area contributed by atoms with Gasteiger partial charge in [0, 0.05) is 13.1 Å². The second kappa shape index (κ2) is 8.02. The largest absolute Gasteiger partial charge is 0.378 e. The highest BCUT2D eigenvalue weighted by atomic mass is 16.5. The van der Waals surface area contributed by atoms with E-state index in [0.29, 0.717) is 25.3 Å². The predicted molar refractivity (Wildman–Crippen MR) is 109 cm³/mol. The highest BCUT2D eigenvalue weighted by molar-refractivity contribution is 6.10. The van der Waals surface area contributed by atoms with Crippen LogP contribution in [0.1, 0.15) is 32.6 Å². The van der Waals surface area contributed by atoms with E-state index in [2.05, 4.69) is 15.5 Å². The number of ether oxygens (including phenoxy) is 1. The van der Waals surface area contributed by atoms with Crippen molar-refractivity contribution < 1.29 is 19.1 Å². The molecule has 2 N–H and O–H groups in total. The maximum absolute atomic E-state index is 13.0. The van der Waals surface area contributed by atoms with Crippen LogP contribution in [0.2, 0.25) is 0 Å². The number of nitrogens with zero attached hydrogens (tertiary/aromatic N) is 2. The maximum atomic E-state index is 13.0. The summed E-state index contributed by atoms with van der Waals surface area (Å²) in [5, 5.41) is 5.77. The van der Waals surface area contributed by atoms with Crippen molar-refractivity contribution in [2.24, 2.45) is 5.92 Å². The Bertz CT molecular complexity index is 808. The third-order valence-corrected chi connectivity index (χ3v) is 6.33. The van der Waals surface area contributed by atoms with E-state index in [1.807, 2.05) is 31.2 Å². The number of hydrogen-bond acceptors (Lipinski definition) is 5. The molecule has 3 aliphatic rings. The number of benzene rings is 1. The number of rotatable bonds is 4. The number of imide groups is 1. The summed E-state index contributed by atoms with van der Waals surface area (Å²) >= 11 is 0. The molecule has 2 heterocycles. The first-order chi connectivity index (χ1) is 14.0. The Labute approximate surface area is 170 Å². The molecule has 156 valence electrons. The Hall–Kier alpha value is -2.61. The summed E-state index contributed by atoms with van der Waals surface area (Å²) in [5.74, 6) is -0.580. The van der Waals surface area contributed by atoms with Gasteiger partial charge in [-0.05, 0) is 30.9 Å². The molecule has 4 rings (SSSR count). The molecule has 0 unspecified atom stereocenters. The van der Waals surface area contributed by atoms with Gasteiger partial charge in [0.15, 0.2) is 0 Å². The maximum Gasteiger partial charge on any atom is 0.325 e. The number of carbonyl (C=O) groups is 3. The molecule has 1 aliphatic carbocycles. The summed E-state index contributed by atoms with van der Waals surface area (Å²) in [4.78, 5) is 41.5. The molecule has 3 fully saturated rings. The van der Waals surface area contributed by atoms with Crippen molar-refractivity contribution in [3.05, 3.63) is 24.3 Å². The molecule has 8 heteroatoms. The summed E-state index contributed by atoms with van der Waals surface area (Å²) in [6.45, 7) is 4.51. The van der Waals surface area contributed by atoms with Crippen molar-refractivity contribution in [2.45, 2.75) is 38.1 Å². The van der Waals surface area contributed by atoms with Crippen LogP contribution < -0.4 is 15.5 Å². The van der Waals surface area contributed by atoms with Gasteiger partial charge in [-0.15, -0.1) is 0 Å². The first-order valence-corrected chi connectivity index (χ1v) is 10.4. The Balaban J connectivity index is 1.45. The Morgan fingerprint density at radius 3 is 2.76 bits per heavy atom. The minimum atomic E-state index is -0.846. The van der Waals surface area contributed by atoms with Crippen molar-refractivity contribution in [1.82, 2.24) is 10.2 Å². The molecule has 8 nitrogen and oxygen atoms in total. The zero-order valence-electron chi connectivity index (χ0n) is 16.8. The molecular formula is C21H28N4O4. The molecule has 0 bridgehead atoms. The van der Waals surface area contributed by atoms with E-state index >= 15 is 0 Å². The van der Waals surface area contributed by atoms with Gasteiger partial charge in [0.2, 0.25) is 5.91 Å². The fourth-order valence-corrected chi connectivity index (χ4v) is 4.63. The predicted octanol–water partition coefficient (Wildman–Crippen LogP) is 1.96. The number of urea groups is 1. The van der Waals surface area contributed by atoms with Gasteiger partial charge in [0.25, 0.3) is 5.91 Å². The molecule has 0 radical (unpaired) electrons. The van der Waals surface area contributed by atoms with Gasteiger partial charge < -0.3 is 20.3 Å². The molecule has 1 aromatic carbocycles. The molecule has 0 aromatic heterocycles. The van der Waals surface area contributed by atoms with Crippen LogP contribution in [0.25, 0.3) is 0 Å². The smallest absolute Gasteiger partial charge is 0.325 e. The zero-order chi connectivity index (χ0) is 20.4. The average molecular weight is 400 g/mol. The summed E-state index contributed by atoms with van der Waals surface area (Å²) in [6.07, 6.45) is 3.50. The van der Waals surface area contributed by atoms with E-state index in [4.69, 9.17) is 4.74 Å². The number of morpholine rings is 1. The highest BCUT2D eigenvalue weighted by Gasteiger charge is 2.55. The van der Waals surface area contributed by atoms with Crippen molar-refractivity contribution in [2.75, 3.05) is 43.1 Å². The molecule has 29 heavy (non-hydrogen) atoms. The lowest BCUT2D eigenvalue weighted by Crippen LogP contribution is -2.54. The van der Waals surface area contributed by atoms with Crippen molar-refractivity contribution in [3.8, 4) is 0 Å². The van der Waals surface area contributed by atoms with Crippen molar-refractivity contribution in [3.63, 3.8) is 0 Å². The third-order valence-electron chi connectivity index (χ3n) is 6.33.